The molecule has 0 aliphatic carbocycles. The number of hydrogen-bond acceptors (Lipinski definition) is 8. The lowest BCUT2D eigenvalue weighted by molar-refractivity contribution is 0.0339. The van der Waals surface area contributed by atoms with Gasteiger partial charge >= 0.3 is 5.97 Å². The van der Waals surface area contributed by atoms with E-state index in [0.29, 0.717) is 31.4 Å². The number of pyridine rings is 1. The van der Waals surface area contributed by atoms with Crippen molar-refractivity contribution in [1.82, 2.24) is 19.4 Å². The SMILES string of the molecule is COC(=O)c1nccnc1N1C[C@@H]2C[C@H](C1)c1ccc(CN3CCOCC3)c(=O)n1C2. The van der Waals surface area contributed by atoms with Gasteiger partial charge in [0.05, 0.1) is 20.3 Å². The van der Waals surface area contributed by atoms with Crippen molar-refractivity contribution in [3.63, 3.8) is 0 Å². The molecule has 2 atom stereocenters. The van der Waals surface area contributed by atoms with Gasteiger partial charge < -0.3 is 18.9 Å². The summed E-state index contributed by atoms with van der Waals surface area (Å²) in [6.45, 7) is 5.96. The number of fused-ring (bicyclic) bond motifs is 4. The predicted octanol–water partition coefficient (Wildman–Crippen LogP) is 0.881. The molecule has 3 aliphatic rings. The van der Waals surface area contributed by atoms with Gasteiger partial charge in [-0.3, -0.25) is 9.69 Å². The molecular formula is C22H27N5O4. The molecule has 31 heavy (non-hydrogen) atoms. The average molecular weight is 425 g/mol. The molecule has 0 aromatic carbocycles. The summed E-state index contributed by atoms with van der Waals surface area (Å²) < 4.78 is 12.3. The van der Waals surface area contributed by atoms with Crippen LogP contribution in [0.4, 0.5) is 5.82 Å². The number of piperidine rings is 1. The second-order valence-electron chi connectivity index (χ2n) is 8.51. The van der Waals surface area contributed by atoms with Crippen LogP contribution in [0.15, 0.2) is 29.3 Å². The summed E-state index contributed by atoms with van der Waals surface area (Å²) in [6.07, 6.45) is 4.14. The lowest BCUT2D eigenvalue weighted by atomic mass is 9.83. The fourth-order valence-corrected chi connectivity index (χ4v) is 5.09. The highest BCUT2D eigenvalue weighted by Crippen LogP contribution is 2.37. The number of methoxy groups -OCH3 is 1. The number of rotatable bonds is 4. The standard InChI is InChI=1S/C22H27N5O4/c1-30-22(29)19-20(24-5-4-23-19)26-11-15-10-17(14-26)18-3-2-16(21(28)27(18)12-15)13-25-6-8-31-9-7-25/h2-5,15,17H,6-14H2,1H3/t15-,17+/m0/s1. The third-order valence-electron chi connectivity index (χ3n) is 6.54. The zero-order valence-corrected chi connectivity index (χ0v) is 17.7. The Morgan fingerprint density at radius 3 is 2.77 bits per heavy atom. The van der Waals surface area contributed by atoms with Gasteiger partial charge in [-0.25, -0.2) is 14.8 Å². The molecule has 3 aliphatic heterocycles. The highest BCUT2D eigenvalue weighted by Gasteiger charge is 2.37. The van der Waals surface area contributed by atoms with Crippen LogP contribution in [0, 0.1) is 5.92 Å². The lowest BCUT2D eigenvalue weighted by Gasteiger charge is -2.43. The van der Waals surface area contributed by atoms with Crippen LogP contribution >= 0.6 is 0 Å². The third kappa shape index (κ3) is 3.83. The highest BCUT2D eigenvalue weighted by atomic mass is 16.5. The van der Waals surface area contributed by atoms with Gasteiger partial charge in [0, 0.05) is 68.8 Å². The number of aromatic nitrogens is 3. The first kappa shape index (κ1) is 20.1. The van der Waals surface area contributed by atoms with E-state index in [9.17, 15) is 9.59 Å². The predicted molar refractivity (Wildman–Crippen MR) is 113 cm³/mol. The summed E-state index contributed by atoms with van der Waals surface area (Å²) in [4.78, 5) is 38.4. The summed E-state index contributed by atoms with van der Waals surface area (Å²) in [7, 11) is 1.35. The first-order chi connectivity index (χ1) is 15.1. The maximum atomic E-state index is 13.3. The minimum atomic E-state index is -0.483. The monoisotopic (exact) mass is 425 g/mol. The molecule has 2 aromatic heterocycles. The van der Waals surface area contributed by atoms with Crippen LogP contribution in [0.2, 0.25) is 0 Å². The Bertz CT molecular complexity index is 1030. The largest absolute Gasteiger partial charge is 0.464 e. The minimum absolute atomic E-state index is 0.127. The van der Waals surface area contributed by atoms with E-state index in [4.69, 9.17) is 9.47 Å². The van der Waals surface area contributed by atoms with Crippen molar-refractivity contribution >= 4 is 11.8 Å². The van der Waals surface area contributed by atoms with Crippen LogP contribution in [0.5, 0.6) is 0 Å². The van der Waals surface area contributed by atoms with E-state index in [1.165, 1.54) is 13.3 Å². The molecule has 0 N–H and O–H groups in total. The summed E-state index contributed by atoms with van der Waals surface area (Å²) in [5.74, 6) is 0.604. The van der Waals surface area contributed by atoms with Crippen molar-refractivity contribution in [1.29, 1.82) is 0 Å². The van der Waals surface area contributed by atoms with E-state index in [1.54, 1.807) is 6.20 Å². The van der Waals surface area contributed by atoms with Gasteiger partial charge in [0.25, 0.3) is 5.56 Å². The summed E-state index contributed by atoms with van der Waals surface area (Å²) in [6, 6.07) is 4.10. The Morgan fingerprint density at radius 1 is 1.16 bits per heavy atom. The van der Waals surface area contributed by atoms with Gasteiger partial charge in [0.1, 0.15) is 0 Å². The van der Waals surface area contributed by atoms with Gasteiger partial charge in [0.15, 0.2) is 11.5 Å². The number of hydrogen-bond donors (Lipinski definition) is 0. The van der Waals surface area contributed by atoms with Crippen LogP contribution in [-0.4, -0.2) is 71.9 Å². The summed E-state index contributed by atoms with van der Waals surface area (Å²) in [5.41, 5.74) is 2.29. The maximum absolute atomic E-state index is 13.3. The molecule has 2 saturated heterocycles. The van der Waals surface area contributed by atoms with Crippen LogP contribution in [-0.2, 0) is 22.6 Å². The molecule has 5 heterocycles. The molecule has 0 spiro atoms. The molecule has 2 aromatic rings. The van der Waals surface area contributed by atoms with E-state index >= 15 is 0 Å². The molecule has 2 bridgehead atoms. The Balaban J connectivity index is 1.41. The second kappa shape index (κ2) is 8.39. The molecule has 0 amide bonds. The number of nitrogens with zero attached hydrogens (tertiary/aromatic N) is 5. The van der Waals surface area contributed by atoms with Crippen molar-refractivity contribution in [3.05, 3.63) is 51.8 Å². The zero-order valence-electron chi connectivity index (χ0n) is 17.7. The molecule has 164 valence electrons. The molecule has 0 unspecified atom stereocenters. The van der Waals surface area contributed by atoms with Crippen molar-refractivity contribution in [3.8, 4) is 0 Å². The van der Waals surface area contributed by atoms with Gasteiger partial charge in [-0.15, -0.1) is 0 Å². The minimum Gasteiger partial charge on any atom is -0.464 e. The zero-order chi connectivity index (χ0) is 21.4. The number of anilines is 1. The molecule has 5 rings (SSSR count). The fraction of sp³-hybridized carbons (Fsp3) is 0.545. The Kier molecular flexibility index (Phi) is 5.45. The molecule has 2 fully saturated rings. The quantitative estimate of drug-likeness (QED) is 0.667. The average Bonchev–Trinajstić information content (AvgIpc) is 2.81. The van der Waals surface area contributed by atoms with Gasteiger partial charge in [-0.1, -0.05) is 6.07 Å². The molecule has 9 nitrogen and oxygen atoms in total. The van der Waals surface area contributed by atoms with E-state index < -0.39 is 5.97 Å². The van der Waals surface area contributed by atoms with E-state index in [2.05, 4.69) is 25.8 Å². The number of ether oxygens (including phenoxy) is 2. The number of carbonyl (C=O) groups is 1. The van der Waals surface area contributed by atoms with Gasteiger partial charge in [-0.2, -0.15) is 0 Å². The summed E-state index contributed by atoms with van der Waals surface area (Å²) in [5, 5.41) is 0. The molecule has 0 radical (unpaired) electrons. The van der Waals surface area contributed by atoms with Crippen LogP contribution in [0.1, 0.15) is 34.1 Å². The molecule has 9 heteroatoms. The number of esters is 1. The summed E-state index contributed by atoms with van der Waals surface area (Å²) >= 11 is 0. The highest BCUT2D eigenvalue weighted by molar-refractivity contribution is 5.92. The van der Waals surface area contributed by atoms with E-state index in [1.807, 2.05) is 10.6 Å². The number of carbonyl (C=O) groups excluding carboxylic acids is 1. The van der Waals surface area contributed by atoms with Gasteiger partial charge in [0.2, 0.25) is 0 Å². The van der Waals surface area contributed by atoms with Crippen molar-refractivity contribution in [2.75, 3.05) is 51.4 Å². The Morgan fingerprint density at radius 2 is 1.97 bits per heavy atom. The smallest absolute Gasteiger partial charge is 0.360 e. The van der Waals surface area contributed by atoms with Crippen molar-refractivity contribution < 1.29 is 14.3 Å². The first-order valence-electron chi connectivity index (χ1n) is 10.8. The maximum Gasteiger partial charge on any atom is 0.360 e. The third-order valence-corrected chi connectivity index (χ3v) is 6.54. The van der Waals surface area contributed by atoms with Crippen LogP contribution in [0.3, 0.4) is 0 Å². The molecule has 0 saturated carbocycles. The van der Waals surface area contributed by atoms with E-state index in [-0.39, 0.29) is 17.2 Å². The van der Waals surface area contributed by atoms with Crippen molar-refractivity contribution in [2.45, 2.75) is 25.4 Å². The van der Waals surface area contributed by atoms with E-state index in [0.717, 1.165) is 50.5 Å². The molecular weight excluding hydrogens is 398 g/mol. The fourth-order valence-electron chi connectivity index (χ4n) is 5.09. The Hall–Kier alpha value is -2.78. The lowest BCUT2D eigenvalue weighted by Crippen LogP contribution is -2.48. The Labute approximate surface area is 180 Å². The normalized spacial score (nSPS) is 23.3. The second-order valence-corrected chi connectivity index (χ2v) is 8.51. The van der Waals surface area contributed by atoms with Gasteiger partial charge in [-0.05, 0) is 18.4 Å². The first-order valence-corrected chi connectivity index (χ1v) is 10.8. The van der Waals surface area contributed by atoms with Crippen molar-refractivity contribution in [2.24, 2.45) is 5.92 Å². The van der Waals surface area contributed by atoms with Crippen LogP contribution in [0.25, 0.3) is 0 Å². The topological polar surface area (TPSA) is 89.8 Å². The van der Waals surface area contributed by atoms with Crippen LogP contribution < -0.4 is 10.5 Å². The number of morpholine rings is 1.